The number of aromatic nitrogens is 2. The Balaban J connectivity index is 2.26. The van der Waals surface area contributed by atoms with Crippen LogP contribution in [0.25, 0.3) is 0 Å². The van der Waals surface area contributed by atoms with Gasteiger partial charge >= 0.3 is 0 Å². The van der Waals surface area contributed by atoms with Gasteiger partial charge in [0, 0.05) is 11.3 Å². The number of hydrogen-bond donors (Lipinski definition) is 0. The van der Waals surface area contributed by atoms with E-state index >= 15 is 0 Å². The fourth-order valence-electron chi connectivity index (χ4n) is 1.80. The molecule has 2 nitrogen and oxygen atoms in total. The summed E-state index contributed by atoms with van der Waals surface area (Å²) in [4.78, 5) is 0. The number of rotatable bonds is 3. The Hall–Kier alpha value is -1.71. The van der Waals surface area contributed by atoms with Crippen LogP contribution >= 0.6 is 0 Å². The zero-order chi connectivity index (χ0) is 12.5. The molecule has 0 N–H and O–H groups in total. The third kappa shape index (κ3) is 2.52. The third-order valence-corrected chi connectivity index (χ3v) is 2.65. The molecule has 0 atom stereocenters. The van der Waals surface area contributed by atoms with Gasteiger partial charge in [-0.05, 0) is 19.9 Å². The molecular formula is C13H14F2N2. The van der Waals surface area contributed by atoms with E-state index in [1.165, 1.54) is 16.8 Å². The first kappa shape index (κ1) is 11.8. The normalized spacial score (nSPS) is 11.8. The molecule has 0 amide bonds. The van der Waals surface area contributed by atoms with Crippen molar-refractivity contribution in [2.75, 3.05) is 0 Å². The van der Waals surface area contributed by atoms with Crippen LogP contribution in [0.3, 0.4) is 0 Å². The molecule has 2 aromatic rings. The van der Waals surface area contributed by atoms with Crippen molar-refractivity contribution in [2.24, 2.45) is 0 Å². The highest BCUT2D eigenvalue weighted by molar-refractivity contribution is 5.20. The average Bonchev–Trinajstić information content (AvgIpc) is 2.58. The topological polar surface area (TPSA) is 17.8 Å². The lowest BCUT2D eigenvalue weighted by molar-refractivity contribution is -0.0259. The van der Waals surface area contributed by atoms with Gasteiger partial charge in [-0.3, -0.25) is 4.68 Å². The molecular weight excluding hydrogens is 222 g/mol. The lowest BCUT2D eigenvalue weighted by atomic mass is 10.1. The Morgan fingerprint density at radius 2 is 1.82 bits per heavy atom. The molecule has 1 heterocycles. The van der Waals surface area contributed by atoms with Crippen molar-refractivity contribution in [3.8, 4) is 0 Å². The molecule has 17 heavy (non-hydrogen) atoms. The molecule has 1 aromatic carbocycles. The van der Waals surface area contributed by atoms with Crippen molar-refractivity contribution < 1.29 is 8.78 Å². The van der Waals surface area contributed by atoms with E-state index < -0.39 is 12.5 Å². The van der Waals surface area contributed by atoms with Gasteiger partial charge in [0.25, 0.3) is 5.92 Å². The fourth-order valence-corrected chi connectivity index (χ4v) is 1.80. The van der Waals surface area contributed by atoms with Crippen LogP contribution in [0.15, 0.2) is 36.4 Å². The Labute approximate surface area is 98.9 Å². The van der Waals surface area contributed by atoms with Crippen molar-refractivity contribution in [1.82, 2.24) is 9.78 Å². The first-order valence-electron chi connectivity index (χ1n) is 5.43. The van der Waals surface area contributed by atoms with Gasteiger partial charge in [0.15, 0.2) is 0 Å². The quantitative estimate of drug-likeness (QED) is 0.799. The highest BCUT2D eigenvalue weighted by Crippen LogP contribution is 2.29. The number of benzene rings is 1. The zero-order valence-corrected chi connectivity index (χ0v) is 9.82. The minimum absolute atomic E-state index is 0.0209. The smallest absolute Gasteiger partial charge is 0.263 e. The highest BCUT2D eigenvalue weighted by atomic mass is 19.3. The zero-order valence-electron chi connectivity index (χ0n) is 9.82. The van der Waals surface area contributed by atoms with E-state index in [9.17, 15) is 8.78 Å². The van der Waals surface area contributed by atoms with Gasteiger partial charge in [-0.2, -0.15) is 13.9 Å². The Kier molecular flexibility index (Phi) is 2.96. The number of hydrogen-bond acceptors (Lipinski definition) is 1. The molecule has 0 radical (unpaired) electrons. The fraction of sp³-hybridized carbons (Fsp3) is 0.308. The maximum absolute atomic E-state index is 14.0. The lowest BCUT2D eigenvalue weighted by Crippen LogP contribution is -2.22. The van der Waals surface area contributed by atoms with Crippen molar-refractivity contribution in [3.63, 3.8) is 0 Å². The summed E-state index contributed by atoms with van der Waals surface area (Å²) in [5, 5.41) is 4.06. The van der Waals surface area contributed by atoms with Crippen LogP contribution in [-0.4, -0.2) is 9.78 Å². The maximum atomic E-state index is 14.0. The largest absolute Gasteiger partial charge is 0.292 e. The van der Waals surface area contributed by atoms with E-state index in [4.69, 9.17) is 0 Å². The lowest BCUT2D eigenvalue weighted by Gasteiger charge is -2.17. The summed E-state index contributed by atoms with van der Waals surface area (Å²) in [5.74, 6) is -2.90. The van der Waals surface area contributed by atoms with Crippen LogP contribution in [0, 0.1) is 13.8 Å². The van der Waals surface area contributed by atoms with Crippen molar-refractivity contribution in [2.45, 2.75) is 26.3 Å². The average molecular weight is 236 g/mol. The van der Waals surface area contributed by atoms with Crippen molar-refractivity contribution in [3.05, 3.63) is 53.3 Å². The van der Waals surface area contributed by atoms with E-state index in [0.717, 1.165) is 11.4 Å². The molecule has 0 saturated carbocycles. The van der Waals surface area contributed by atoms with Crippen LogP contribution in [0.4, 0.5) is 8.78 Å². The van der Waals surface area contributed by atoms with E-state index in [2.05, 4.69) is 5.10 Å². The summed E-state index contributed by atoms with van der Waals surface area (Å²) < 4.78 is 29.3. The van der Waals surface area contributed by atoms with Crippen LogP contribution in [0.1, 0.15) is 17.0 Å². The molecule has 1 aromatic heterocycles. The summed E-state index contributed by atoms with van der Waals surface area (Å²) in [6, 6.07) is 9.62. The highest BCUT2D eigenvalue weighted by Gasteiger charge is 2.32. The predicted octanol–water partition coefficient (Wildman–Crippen LogP) is 3.29. The van der Waals surface area contributed by atoms with Crippen LogP contribution in [0.2, 0.25) is 0 Å². The van der Waals surface area contributed by atoms with E-state index in [0.29, 0.717) is 0 Å². The second kappa shape index (κ2) is 4.28. The second-order valence-corrected chi connectivity index (χ2v) is 4.16. The third-order valence-electron chi connectivity index (χ3n) is 2.65. The minimum Gasteiger partial charge on any atom is -0.263 e. The molecule has 0 fully saturated rings. The monoisotopic (exact) mass is 236 g/mol. The van der Waals surface area contributed by atoms with Crippen LogP contribution < -0.4 is 0 Å². The summed E-state index contributed by atoms with van der Waals surface area (Å²) in [5.41, 5.74) is 1.53. The first-order chi connectivity index (χ1) is 7.99. The van der Waals surface area contributed by atoms with Gasteiger partial charge in [-0.25, -0.2) is 0 Å². The molecule has 0 unspecified atom stereocenters. The van der Waals surface area contributed by atoms with Crippen LogP contribution in [-0.2, 0) is 12.5 Å². The Morgan fingerprint density at radius 1 is 1.18 bits per heavy atom. The SMILES string of the molecule is Cc1cc(C)n(CC(F)(F)c2ccccc2)n1. The summed E-state index contributed by atoms with van der Waals surface area (Å²) >= 11 is 0. The molecule has 90 valence electrons. The summed E-state index contributed by atoms with van der Waals surface area (Å²) in [6.07, 6.45) is 0. The summed E-state index contributed by atoms with van der Waals surface area (Å²) in [7, 11) is 0. The molecule has 0 saturated heterocycles. The second-order valence-electron chi connectivity index (χ2n) is 4.16. The van der Waals surface area contributed by atoms with Gasteiger partial charge < -0.3 is 0 Å². The van der Waals surface area contributed by atoms with E-state index in [-0.39, 0.29) is 5.56 Å². The van der Waals surface area contributed by atoms with Crippen LogP contribution in [0.5, 0.6) is 0 Å². The van der Waals surface area contributed by atoms with E-state index in [1.54, 1.807) is 38.1 Å². The summed E-state index contributed by atoms with van der Waals surface area (Å²) in [6.45, 7) is 3.15. The van der Waals surface area contributed by atoms with E-state index in [1.807, 2.05) is 0 Å². The molecule has 0 bridgehead atoms. The standard InChI is InChI=1S/C13H14F2N2/c1-10-8-11(2)17(16-10)9-13(14,15)12-6-4-3-5-7-12/h3-8H,9H2,1-2H3. The van der Waals surface area contributed by atoms with Gasteiger partial charge in [-0.15, -0.1) is 0 Å². The number of aryl methyl sites for hydroxylation is 2. The van der Waals surface area contributed by atoms with Gasteiger partial charge in [-0.1, -0.05) is 30.3 Å². The molecule has 2 rings (SSSR count). The number of halogens is 2. The molecule has 0 aliphatic heterocycles. The molecule has 4 heteroatoms. The maximum Gasteiger partial charge on any atom is 0.292 e. The minimum atomic E-state index is -2.90. The first-order valence-corrected chi connectivity index (χ1v) is 5.43. The number of nitrogens with zero attached hydrogens (tertiary/aromatic N) is 2. The molecule has 0 aliphatic carbocycles. The molecule has 0 aliphatic rings. The van der Waals surface area contributed by atoms with Crippen molar-refractivity contribution >= 4 is 0 Å². The van der Waals surface area contributed by atoms with Crippen molar-refractivity contribution in [1.29, 1.82) is 0 Å². The number of alkyl halides is 2. The van der Waals surface area contributed by atoms with Gasteiger partial charge in [0.1, 0.15) is 6.54 Å². The molecule has 0 spiro atoms. The van der Waals surface area contributed by atoms with Gasteiger partial charge in [0.05, 0.1) is 5.69 Å². The van der Waals surface area contributed by atoms with Gasteiger partial charge in [0.2, 0.25) is 0 Å². The predicted molar refractivity (Wildman–Crippen MR) is 62.0 cm³/mol. The Bertz CT molecular complexity index is 503. The Morgan fingerprint density at radius 3 is 2.35 bits per heavy atom.